The Morgan fingerprint density at radius 2 is 2.00 bits per heavy atom. The maximum atomic E-state index is 12.1. The van der Waals surface area contributed by atoms with Crippen LogP contribution in [0.5, 0.6) is 0 Å². The molecule has 0 aliphatic heterocycles. The summed E-state index contributed by atoms with van der Waals surface area (Å²) in [6.07, 6.45) is 5.34. The van der Waals surface area contributed by atoms with Crippen molar-refractivity contribution in [3.63, 3.8) is 0 Å². The molecule has 0 saturated carbocycles. The van der Waals surface area contributed by atoms with Crippen molar-refractivity contribution < 1.29 is 9.90 Å². The number of carbonyl (C=O) groups is 1. The van der Waals surface area contributed by atoms with E-state index in [1.165, 1.54) is 6.08 Å². The first kappa shape index (κ1) is 11.3. The first-order chi connectivity index (χ1) is 7.62. The van der Waals surface area contributed by atoms with Crippen LogP contribution in [0.1, 0.15) is 16.8 Å². The van der Waals surface area contributed by atoms with Crippen LogP contribution < -0.4 is 0 Å². The number of hydrogen-bond donors (Lipinski definition) is 1. The Bertz CT molecular complexity index is 462. The maximum absolute atomic E-state index is 12.1. The van der Waals surface area contributed by atoms with Gasteiger partial charge in [-0.05, 0) is 10.6 Å². The molecule has 82 valence electrons. The largest absolute Gasteiger partial charge is 0.377 e. The lowest BCUT2D eigenvalue weighted by atomic mass is 9.87. The number of benzene rings is 1. The molecule has 0 amide bonds. The molecule has 0 saturated heterocycles. The number of allylic oxidation sites excluding steroid dienone is 2. The van der Waals surface area contributed by atoms with E-state index in [9.17, 15) is 9.90 Å². The molecule has 16 heavy (non-hydrogen) atoms. The molecule has 1 unspecified atom stereocenters. The van der Waals surface area contributed by atoms with Gasteiger partial charge in [0, 0.05) is 12.0 Å². The molecule has 1 N–H and O–H groups in total. The van der Waals surface area contributed by atoms with Crippen molar-refractivity contribution in [2.75, 3.05) is 0 Å². The minimum Gasteiger partial charge on any atom is -0.377 e. The van der Waals surface area contributed by atoms with Gasteiger partial charge < -0.3 is 5.11 Å². The summed E-state index contributed by atoms with van der Waals surface area (Å²) in [6, 6.07) is 8.83. The van der Waals surface area contributed by atoms with Crippen LogP contribution in [0.3, 0.4) is 0 Å². The lowest BCUT2D eigenvalue weighted by molar-refractivity contribution is 0.0532. The van der Waals surface area contributed by atoms with Crippen molar-refractivity contribution >= 4 is 21.7 Å². The van der Waals surface area contributed by atoms with Crippen LogP contribution in [0, 0.1) is 0 Å². The van der Waals surface area contributed by atoms with E-state index in [4.69, 9.17) is 0 Å². The Kier molecular flexibility index (Phi) is 3.08. The highest BCUT2D eigenvalue weighted by atomic mass is 79.9. The van der Waals surface area contributed by atoms with Gasteiger partial charge in [0.05, 0.1) is 0 Å². The predicted octanol–water partition coefficient (Wildman–Crippen LogP) is 2.84. The second kappa shape index (κ2) is 4.36. The zero-order valence-corrected chi connectivity index (χ0v) is 10.1. The van der Waals surface area contributed by atoms with Gasteiger partial charge >= 0.3 is 0 Å². The standard InChI is InChI=1S/C13H11BrO2/c14-11-7-4-8-13(16,9-11)12(15)10-5-2-1-3-6-10/h1-8,16H,9H2. The number of aliphatic hydroxyl groups is 1. The predicted molar refractivity (Wildman–Crippen MR) is 66.5 cm³/mol. The molecular formula is C13H11BrO2. The quantitative estimate of drug-likeness (QED) is 0.845. The summed E-state index contributed by atoms with van der Waals surface area (Å²) >= 11 is 3.30. The summed E-state index contributed by atoms with van der Waals surface area (Å²) in [5.41, 5.74) is -0.897. The van der Waals surface area contributed by atoms with Crippen LogP contribution in [0.4, 0.5) is 0 Å². The second-order valence-corrected chi connectivity index (χ2v) is 4.79. The second-order valence-electron chi connectivity index (χ2n) is 3.77. The van der Waals surface area contributed by atoms with Crippen molar-refractivity contribution in [1.82, 2.24) is 0 Å². The molecule has 1 aromatic carbocycles. The van der Waals surface area contributed by atoms with E-state index in [-0.39, 0.29) is 12.2 Å². The third-order valence-corrected chi connectivity index (χ3v) is 3.06. The fourth-order valence-corrected chi connectivity index (χ4v) is 2.26. The first-order valence-corrected chi connectivity index (χ1v) is 5.77. The third-order valence-electron chi connectivity index (χ3n) is 2.52. The highest BCUT2D eigenvalue weighted by Crippen LogP contribution is 2.29. The molecule has 1 aromatic rings. The molecule has 0 aromatic heterocycles. The summed E-state index contributed by atoms with van der Waals surface area (Å²) in [7, 11) is 0. The topological polar surface area (TPSA) is 37.3 Å². The molecule has 1 aliphatic carbocycles. The first-order valence-electron chi connectivity index (χ1n) is 4.98. The Morgan fingerprint density at radius 1 is 1.31 bits per heavy atom. The molecule has 0 spiro atoms. The lowest BCUT2D eigenvalue weighted by Crippen LogP contribution is -2.37. The van der Waals surface area contributed by atoms with Crippen LogP contribution in [0.25, 0.3) is 0 Å². The molecule has 1 aliphatic rings. The fourth-order valence-electron chi connectivity index (χ4n) is 1.68. The number of ketones is 1. The minimum atomic E-state index is -1.42. The van der Waals surface area contributed by atoms with E-state index in [0.717, 1.165) is 4.48 Å². The lowest BCUT2D eigenvalue weighted by Gasteiger charge is -2.25. The monoisotopic (exact) mass is 278 g/mol. The third kappa shape index (κ3) is 2.15. The van der Waals surface area contributed by atoms with E-state index < -0.39 is 5.60 Å². The summed E-state index contributed by atoms with van der Waals surface area (Å²) in [5, 5.41) is 10.3. The molecule has 0 radical (unpaired) electrons. The zero-order chi connectivity index (χ0) is 11.6. The van der Waals surface area contributed by atoms with Crippen molar-refractivity contribution in [3.05, 3.63) is 58.6 Å². The highest BCUT2D eigenvalue weighted by molar-refractivity contribution is 9.11. The normalized spacial score (nSPS) is 24.0. The van der Waals surface area contributed by atoms with Gasteiger partial charge in [-0.25, -0.2) is 0 Å². The van der Waals surface area contributed by atoms with Gasteiger partial charge in [0.15, 0.2) is 11.4 Å². The van der Waals surface area contributed by atoms with Gasteiger partial charge in [-0.15, -0.1) is 0 Å². The highest BCUT2D eigenvalue weighted by Gasteiger charge is 2.35. The van der Waals surface area contributed by atoms with Crippen LogP contribution >= 0.6 is 15.9 Å². The van der Waals surface area contributed by atoms with Gasteiger partial charge in [-0.1, -0.05) is 58.4 Å². The molecule has 2 rings (SSSR count). The van der Waals surface area contributed by atoms with E-state index in [0.29, 0.717) is 5.56 Å². The maximum Gasteiger partial charge on any atom is 0.198 e. The Labute approximate surface area is 102 Å². The number of rotatable bonds is 2. The smallest absolute Gasteiger partial charge is 0.198 e. The number of carbonyl (C=O) groups excluding carboxylic acids is 1. The van der Waals surface area contributed by atoms with Crippen molar-refractivity contribution in [3.8, 4) is 0 Å². The summed E-state index contributed by atoms with van der Waals surface area (Å²) < 4.78 is 0.821. The molecule has 0 bridgehead atoms. The van der Waals surface area contributed by atoms with Crippen molar-refractivity contribution in [1.29, 1.82) is 0 Å². The molecular weight excluding hydrogens is 268 g/mol. The average Bonchev–Trinajstić information content (AvgIpc) is 2.29. The molecule has 0 heterocycles. The number of hydrogen-bond acceptors (Lipinski definition) is 2. The molecule has 0 fully saturated rings. The van der Waals surface area contributed by atoms with Gasteiger partial charge in [0.1, 0.15) is 0 Å². The molecule has 3 heteroatoms. The van der Waals surface area contributed by atoms with Crippen molar-refractivity contribution in [2.45, 2.75) is 12.0 Å². The Morgan fingerprint density at radius 3 is 2.62 bits per heavy atom. The number of Topliss-reactive ketones (excluding diaryl/α,β-unsaturated/α-hetero) is 1. The fraction of sp³-hybridized carbons (Fsp3) is 0.154. The van der Waals surface area contributed by atoms with Gasteiger partial charge in [-0.3, -0.25) is 4.79 Å². The van der Waals surface area contributed by atoms with Crippen LogP contribution in [0.15, 0.2) is 53.0 Å². The summed E-state index contributed by atoms with van der Waals surface area (Å²) in [5.74, 6) is -0.269. The van der Waals surface area contributed by atoms with Gasteiger partial charge in [-0.2, -0.15) is 0 Å². The van der Waals surface area contributed by atoms with Crippen LogP contribution in [-0.4, -0.2) is 16.5 Å². The van der Waals surface area contributed by atoms with Gasteiger partial charge in [0.2, 0.25) is 0 Å². The van der Waals surface area contributed by atoms with E-state index >= 15 is 0 Å². The zero-order valence-electron chi connectivity index (χ0n) is 8.56. The Hall–Kier alpha value is -1.19. The average molecular weight is 279 g/mol. The minimum absolute atomic E-state index is 0.269. The summed E-state index contributed by atoms with van der Waals surface area (Å²) in [4.78, 5) is 12.1. The van der Waals surface area contributed by atoms with E-state index in [1.807, 2.05) is 12.1 Å². The number of halogens is 1. The van der Waals surface area contributed by atoms with E-state index in [2.05, 4.69) is 15.9 Å². The van der Waals surface area contributed by atoms with Crippen molar-refractivity contribution in [2.24, 2.45) is 0 Å². The SMILES string of the molecule is O=C(c1ccccc1)C1(O)C=CC=C(Br)C1. The van der Waals surface area contributed by atoms with E-state index in [1.54, 1.807) is 30.3 Å². The van der Waals surface area contributed by atoms with Crippen LogP contribution in [-0.2, 0) is 0 Å². The summed E-state index contributed by atoms with van der Waals surface area (Å²) in [6.45, 7) is 0. The van der Waals surface area contributed by atoms with Gasteiger partial charge in [0.25, 0.3) is 0 Å². The Balaban J connectivity index is 2.30. The molecule has 1 atom stereocenters. The molecule has 2 nitrogen and oxygen atoms in total. The van der Waals surface area contributed by atoms with Crippen LogP contribution in [0.2, 0.25) is 0 Å².